The van der Waals surface area contributed by atoms with E-state index in [1.54, 1.807) is 6.08 Å². The summed E-state index contributed by atoms with van der Waals surface area (Å²) in [6, 6.07) is 0. The number of aryl methyl sites for hydroxylation is 1. The Hall–Kier alpha value is -1.38. The predicted octanol–water partition coefficient (Wildman–Crippen LogP) is 1.57. The third kappa shape index (κ3) is 1.77. The molecule has 3 heteroatoms. The molecular formula is C8H11N3. The summed E-state index contributed by atoms with van der Waals surface area (Å²) in [7, 11) is 0. The average Bonchev–Trinajstić information content (AvgIpc) is 2.47. The molecule has 1 N–H and O–H groups in total. The first kappa shape index (κ1) is 7.72. The van der Waals surface area contributed by atoms with Crippen LogP contribution in [0.2, 0.25) is 0 Å². The number of hydrogen-bond donors (Lipinski definition) is 1. The largest absolute Gasteiger partial charge is 0.197 e. The van der Waals surface area contributed by atoms with Gasteiger partial charge in [-0.1, -0.05) is 25.7 Å². The van der Waals surface area contributed by atoms with Gasteiger partial charge in [0.1, 0.15) is 5.69 Å². The lowest BCUT2D eigenvalue weighted by atomic mass is 10.2. The Bertz CT molecular complexity index is 260. The van der Waals surface area contributed by atoms with Crippen LogP contribution in [0.15, 0.2) is 18.7 Å². The van der Waals surface area contributed by atoms with Crippen LogP contribution >= 0.6 is 0 Å². The van der Waals surface area contributed by atoms with Crippen molar-refractivity contribution in [2.45, 2.75) is 13.3 Å². The van der Waals surface area contributed by atoms with Crippen LogP contribution < -0.4 is 0 Å². The van der Waals surface area contributed by atoms with E-state index in [2.05, 4.69) is 22.0 Å². The van der Waals surface area contributed by atoms with Crippen molar-refractivity contribution in [3.63, 3.8) is 0 Å². The van der Waals surface area contributed by atoms with Crippen LogP contribution in [0.3, 0.4) is 0 Å². The van der Waals surface area contributed by atoms with Gasteiger partial charge in [-0.3, -0.25) is 0 Å². The molecule has 0 amide bonds. The zero-order chi connectivity index (χ0) is 8.10. The molecule has 0 aromatic carbocycles. The van der Waals surface area contributed by atoms with Gasteiger partial charge < -0.3 is 0 Å². The summed E-state index contributed by atoms with van der Waals surface area (Å²) in [4.78, 5) is 0. The van der Waals surface area contributed by atoms with Crippen LogP contribution in [-0.2, 0) is 6.42 Å². The molecule has 0 atom stereocenters. The lowest BCUT2D eigenvalue weighted by molar-refractivity contribution is 0.908. The van der Waals surface area contributed by atoms with Crippen LogP contribution in [0.25, 0.3) is 6.08 Å². The molecule has 0 saturated carbocycles. The molecule has 58 valence electrons. The highest BCUT2D eigenvalue weighted by Crippen LogP contribution is 2.03. The first-order valence-electron chi connectivity index (χ1n) is 3.57. The van der Waals surface area contributed by atoms with E-state index >= 15 is 0 Å². The summed E-state index contributed by atoms with van der Waals surface area (Å²) in [6.45, 7) is 5.62. The van der Waals surface area contributed by atoms with Gasteiger partial charge >= 0.3 is 0 Å². The monoisotopic (exact) mass is 149 g/mol. The van der Waals surface area contributed by atoms with E-state index < -0.39 is 0 Å². The van der Waals surface area contributed by atoms with E-state index in [9.17, 15) is 0 Å². The molecule has 1 rings (SSSR count). The molecule has 1 heterocycles. The number of nitrogens with zero attached hydrogens (tertiary/aromatic N) is 2. The number of allylic oxidation sites excluding steroid dienone is 2. The van der Waals surface area contributed by atoms with E-state index in [-0.39, 0.29) is 0 Å². The Balaban J connectivity index is 2.84. The smallest absolute Gasteiger partial charge is 0.108 e. The summed E-state index contributed by atoms with van der Waals surface area (Å²) < 4.78 is 0. The maximum atomic E-state index is 3.97. The average molecular weight is 149 g/mol. The van der Waals surface area contributed by atoms with Gasteiger partial charge in [0, 0.05) is 0 Å². The van der Waals surface area contributed by atoms with E-state index in [4.69, 9.17) is 0 Å². The number of hydrogen-bond acceptors (Lipinski definition) is 2. The fourth-order valence-electron chi connectivity index (χ4n) is 0.814. The highest BCUT2D eigenvalue weighted by molar-refractivity contribution is 5.48. The SMILES string of the molecule is C=C/C=C\c1n[nH]nc1CC. The molecular weight excluding hydrogens is 138 g/mol. The first-order valence-corrected chi connectivity index (χ1v) is 3.57. The van der Waals surface area contributed by atoms with Crippen molar-refractivity contribution in [2.24, 2.45) is 0 Å². The van der Waals surface area contributed by atoms with Crippen molar-refractivity contribution in [3.05, 3.63) is 30.1 Å². The normalized spacial score (nSPS) is 10.6. The van der Waals surface area contributed by atoms with Crippen LogP contribution in [-0.4, -0.2) is 15.4 Å². The summed E-state index contributed by atoms with van der Waals surface area (Å²) in [5, 5.41) is 10.5. The third-order valence-corrected chi connectivity index (χ3v) is 1.38. The second kappa shape index (κ2) is 3.71. The molecule has 0 unspecified atom stereocenters. The molecule has 1 aromatic rings. The minimum absolute atomic E-state index is 0.896. The van der Waals surface area contributed by atoms with Crippen LogP contribution in [0.4, 0.5) is 0 Å². The highest BCUT2D eigenvalue weighted by atomic mass is 15.3. The van der Waals surface area contributed by atoms with Crippen molar-refractivity contribution in [1.82, 2.24) is 15.4 Å². The highest BCUT2D eigenvalue weighted by Gasteiger charge is 1.99. The van der Waals surface area contributed by atoms with Crippen molar-refractivity contribution in [3.8, 4) is 0 Å². The van der Waals surface area contributed by atoms with Crippen molar-refractivity contribution < 1.29 is 0 Å². The molecule has 0 aliphatic heterocycles. The minimum atomic E-state index is 0.896. The van der Waals surface area contributed by atoms with E-state index in [1.165, 1.54) is 0 Å². The maximum Gasteiger partial charge on any atom is 0.108 e. The van der Waals surface area contributed by atoms with Gasteiger partial charge in [0.15, 0.2) is 0 Å². The van der Waals surface area contributed by atoms with Crippen LogP contribution in [0.1, 0.15) is 18.3 Å². The predicted molar refractivity (Wildman–Crippen MR) is 45.0 cm³/mol. The molecule has 3 nitrogen and oxygen atoms in total. The molecule has 1 aromatic heterocycles. The van der Waals surface area contributed by atoms with Crippen LogP contribution in [0, 0.1) is 0 Å². The summed E-state index contributed by atoms with van der Waals surface area (Å²) in [5.41, 5.74) is 1.88. The Kier molecular flexibility index (Phi) is 2.60. The van der Waals surface area contributed by atoms with Crippen LogP contribution in [0.5, 0.6) is 0 Å². The van der Waals surface area contributed by atoms with Crippen molar-refractivity contribution in [1.29, 1.82) is 0 Å². The minimum Gasteiger partial charge on any atom is -0.197 e. The van der Waals surface area contributed by atoms with Gasteiger partial charge in [0.05, 0.1) is 5.69 Å². The molecule has 0 aliphatic carbocycles. The first-order chi connectivity index (χ1) is 5.38. The second-order valence-corrected chi connectivity index (χ2v) is 2.10. The number of rotatable bonds is 3. The maximum absolute atomic E-state index is 3.97. The zero-order valence-corrected chi connectivity index (χ0v) is 6.54. The molecule has 11 heavy (non-hydrogen) atoms. The lowest BCUT2D eigenvalue weighted by Crippen LogP contribution is -1.82. The van der Waals surface area contributed by atoms with E-state index in [0.717, 1.165) is 17.8 Å². The van der Waals surface area contributed by atoms with Gasteiger partial charge in [0.25, 0.3) is 0 Å². The van der Waals surface area contributed by atoms with E-state index in [0.29, 0.717) is 0 Å². The zero-order valence-electron chi connectivity index (χ0n) is 6.54. The van der Waals surface area contributed by atoms with Gasteiger partial charge in [-0.25, -0.2) is 0 Å². The van der Waals surface area contributed by atoms with Gasteiger partial charge in [-0.15, -0.1) is 0 Å². The Morgan fingerprint density at radius 1 is 1.55 bits per heavy atom. The number of aromatic amines is 1. The molecule has 0 bridgehead atoms. The van der Waals surface area contributed by atoms with Crippen molar-refractivity contribution in [2.75, 3.05) is 0 Å². The molecule has 0 spiro atoms. The third-order valence-electron chi connectivity index (χ3n) is 1.38. The summed E-state index contributed by atoms with van der Waals surface area (Å²) >= 11 is 0. The molecule has 0 fully saturated rings. The lowest BCUT2D eigenvalue weighted by Gasteiger charge is -1.86. The number of nitrogens with one attached hydrogen (secondary N) is 1. The second-order valence-electron chi connectivity index (χ2n) is 2.10. The van der Waals surface area contributed by atoms with Gasteiger partial charge in [0.2, 0.25) is 0 Å². The van der Waals surface area contributed by atoms with Crippen molar-refractivity contribution >= 4 is 6.08 Å². The number of aromatic nitrogens is 3. The topological polar surface area (TPSA) is 41.6 Å². The Labute approximate surface area is 65.8 Å². The quantitative estimate of drug-likeness (QED) is 0.663. The Morgan fingerprint density at radius 3 is 3.00 bits per heavy atom. The van der Waals surface area contributed by atoms with Gasteiger partial charge in [-0.05, 0) is 12.5 Å². The molecule has 0 radical (unpaired) electrons. The van der Waals surface area contributed by atoms with E-state index in [1.807, 2.05) is 19.1 Å². The fraction of sp³-hybridized carbons (Fsp3) is 0.250. The fourth-order valence-corrected chi connectivity index (χ4v) is 0.814. The van der Waals surface area contributed by atoms with Gasteiger partial charge in [-0.2, -0.15) is 15.4 Å². The summed E-state index contributed by atoms with van der Waals surface area (Å²) in [6.07, 6.45) is 6.34. The molecule has 0 aliphatic rings. The summed E-state index contributed by atoms with van der Waals surface area (Å²) in [5.74, 6) is 0. The Morgan fingerprint density at radius 2 is 2.36 bits per heavy atom. The standard InChI is InChI=1S/C8H11N3/c1-3-5-6-8-7(4-2)9-11-10-8/h3,5-6H,1,4H2,2H3,(H,9,10,11)/b6-5-. The molecule has 0 saturated heterocycles. The number of H-pyrrole nitrogens is 1.